The van der Waals surface area contributed by atoms with E-state index in [0.29, 0.717) is 44.5 Å². The fourth-order valence-corrected chi connectivity index (χ4v) is 6.26. The molecule has 0 atom stereocenters. The fraction of sp³-hybridized carbons (Fsp3) is 0.548. The number of pyridine rings is 1. The van der Waals surface area contributed by atoms with Crippen molar-refractivity contribution >= 4 is 11.8 Å². The first-order chi connectivity index (χ1) is 18.3. The Kier molecular flexibility index (Phi) is 7.54. The van der Waals surface area contributed by atoms with Crippen LogP contribution in [0.2, 0.25) is 0 Å². The summed E-state index contributed by atoms with van der Waals surface area (Å²) in [6.45, 7) is 3.33. The molecule has 5 rings (SSSR count). The zero-order valence-electron chi connectivity index (χ0n) is 22.4. The van der Waals surface area contributed by atoms with E-state index in [9.17, 15) is 20.0 Å². The molecule has 0 spiro atoms. The average molecular weight is 515 g/mol. The van der Waals surface area contributed by atoms with Gasteiger partial charge in [0.05, 0.1) is 17.1 Å². The molecule has 1 aromatic heterocycles. The highest BCUT2D eigenvalue weighted by Gasteiger charge is 2.39. The predicted molar refractivity (Wildman–Crippen MR) is 145 cm³/mol. The van der Waals surface area contributed by atoms with Crippen molar-refractivity contribution < 1.29 is 14.7 Å². The van der Waals surface area contributed by atoms with Crippen LogP contribution in [-0.2, 0) is 5.41 Å². The van der Waals surface area contributed by atoms with Crippen LogP contribution in [0.3, 0.4) is 0 Å². The molecule has 3 fully saturated rings. The van der Waals surface area contributed by atoms with E-state index in [1.165, 1.54) is 0 Å². The molecular formula is C31H38N4O3. The number of nitriles is 1. The lowest BCUT2D eigenvalue weighted by Gasteiger charge is -2.39. The number of amides is 2. The summed E-state index contributed by atoms with van der Waals surface area (Å²) in [6, 6.07) is 14.2. The van der Waals surface area contributed by atoms with E-state index < -0.39 is 11.0 Å². The molecule has 2 aliphatic carbocycles. The van der Waals surface area contributed by atoms with Gasteiger partial charge in [0.25, 0.3) is 11.8 Å². The lowest BCUT2D eigenvalue weighted by atomic mass is 9.74. The fourth-order valence-electron chi connectivity index (χ4n) is 6.26. The third kappa shape index (κ3) is 5.19. The molecule has 1 N–H and O–H groups in total. The van der Waals surface area contributed by atoms with Crippen molar-refractivity contribution in [1.29, 1.82) is 5.26 Å². The minimum absolute atomic E-state index is 0.0727. The summed E-state index contributed by atoms with van der Waals surface area (Å²) in [7, 11) is 0. The van der Waals surface area contributed by atoms with Gasteiger partial charge in [-0.3, -0.25) is 14.6 Å². The van der Waals surface area contributed by atoms with Gasteiger partial charge in [0, 0.05) is 37.4 Å². The third-order valence-electron chi connectivity index (χ3n) is 9.13. The second-order valence-electron chi connectivity index (χ2n) is 11.5. The Hall–Kier alpha value is -3.24. The van der Waals surface area contributed by atoms with Gasteiger partial charge in [0.2, 0.25) is 0 Å². The van der Waals surface area contributed by atoms with Gasteiger partial charge in [-0.25, -0.2) is 0 Å². The number of nitrogens with zero attached hydrogens (tertiary/aromatic N) is 4. The van der Waals surface area contributed by atoms with E-state index in [-0.39, 0.29) is 23.6 Å². The average Bonchev–Trinajstić information content (AvgIpc) is 3.36. The molecule has 2 saturated carbocycles. The Bertz CT molecular complexity index is 1200. The number of carbonyl (C=O) groups excluding carboxylic acids is 2. The van der Waals surface area contributed by atoms with E-state index in [1.807, 2.05) is 42.2 Å². The molecular weight excluding hydrogens is 476 g/mol. The molecule has 7 heteroatoms. The molecule has 2 amide bonds. The molecule has 1 saturated heterocycles. The zero-order chi connectivity index (χ0) is 26.8. The normalized spacial score (nSPS) is 20.4. The maximum absolute atomic E-state index is 13.8. The van der Waals surface area contributed by atoms with Gasteiger partial charge in [-0.15, -0.1) is 0 Å². The van der Waals surface area contributed by atoms with Gasteiger partial charge >= 0.3 is 0 Å². The molecule has 0 unspecified atom stereocenters. The van der Waals surface area contributed by atoms with Crippen LogP contribution >= 0.6 is 0 Å². The first kappa shape index (κ1) is 26.4. The van der Waals surface area contributed by atoms with Crippen molar-refractivity contribution in [3.05, 3.63) is 65.0 Å². The maximum atomic E-state index is 13.8. The Labute approximate surface area is 225 Å². The summed E-state index contributed by atoms with van der Waals surface area (Å²) in [6.07, 6.45) is 10.1. The molecule has 3 aliphatic rings. The van der Waals surface area contributed by atoms with Gasteiger partial charge in [-0.05, 0) is 75.5 Å². The standard InChI is InChI=1S/C31H38N4O3/c1-23-21-33-27(29(37)34-17-14-30(22-32,15-18-34)24-8-3-2-4-9-24)20-26(23)28(36)35(25-10-7-11-25)19-16-31(38)12-5-6-13-31/h2-4,8-9,20-21,25,38H,5-7,10-19H2,1H3. The lowest BCUT2D eigenvalue weighted by molar-refractivity contribution is 0.0166. The maximum Gasteiger partial charge on any atom is 0.272 e. The number of aliphatic hydroxyl groups is 1. The van der Waals surface area contributed by atoms with Gasteiger partial charge in [-0.2, -0.15) is 5.26 Å². The van der Waals surface area contributed by atoms with E-state index >= 15 is 0 Å². The number of likely N-dealkylation sites (tertiary alicyclic amines) is 1. The van der Waals surface area contributed by atoms with Crippen LogP contribution in [0, 0.1) is 18.3 Å². The topological polar surface area (TPSA) is 97.5 Å². The minimum Gasteiger partial charge on any atom is -0.390 e. The summed E-state index contributed by atoms with van der Waals surface area (Å²) in [5.41, 5.74) is 1.28. The quantitative estimate of drug-likeness (QED) is 0.574. The van der Waals surface area contributed by atoms with Crippen LogP contribution in [0.15, 0.2) is 42.6 Å². The highest BCUT2D eigenvalue weighted by molar-refractivity contribution is 5.99. The Morgan fingerprint density at radius 2 is 1.79 bits per heavy atom. The second-order valence-corrected chi connectivity index (χ2v) is 11.5. The van der Waals surface area contributed by atoms with E-state index in [0.717, 1.165) is 56.1 Å². The number of carbonyl (C=O) groups is 2. The minimum atomic E-state index is -0.663. The number of aromatic nitrogens is 1. The van der Waals surface area contributed by atoms with E-state index in [4.69, 9.17) is 0 Å². The molecule has 200 valence electrons. The number of benzene rings is 1. The Morgan fingerprint density at radius 1 is 1.11 bits per heavy atom. The predicted octanol–water partition coefficient (Wildman–Crippen LogP) is 4.78. The highest BCUT2D eigenvalue weighted by atomic mass is 16.3. The third-order valence-corrected chi connectivity index (χ3v) is 9.13. The van der Waals surface area contributed by atoms with Crippen LogP contribution in [-0.4, -0.2) is 63.0 Å². The number of aryl methyl sites for hydroxylation is 1. The molecule has 1 aliphatic heterocycles. The molecule has 0 bridgehead atoms. The Balaban J connectivity index is 1.30. The van der Waals surface area contributed by atoms with Gasteiger partial charge in [0.1, 0.15) is 5.69 Å². The number of rotatable bonds is 7. The number of hydrogen-bond donors (Lipinski definition) is 1. The van der Waals surface area contributed by atoms with Crippen molar-refractivity contribution in [3.63, 3.8) is 0 Å². The van der Waals surface area contributed by atoms with Crippen LogP contribution in [0.5, 0.6) is 0 Å². The highest BCUT2D eigenvalue weighted by Crippen LogP contribution is 2.36. The largest absolute Gasteiger partial charge is 0.390 e. The van der Waals surface area contributed by atoms with Gasteiger partial charge in [-0.1, -0.05) is 43.2 Å². The molecule has 38 heavy (non-hydrogen) atoms. The first-order valence-electron chi connectivity index (χ1n) is 14.1. The van der Waals surface area contributed by atoms with Crippen LogP contribution in [0.25, 0.3) is 0 Å². The zero-order valence-corrected chi connectivity index (χ0v) is 22.4. The van der Waals surface area contributed by atoms with Gasteiger partial charge < -0.3 is 14.9 Å². The van der Waals surface area contributed by atoms with Crippen LogP contribution in [0.1, 0.15) is 96.2 Å². The van der Waals surface area contributed by atoms with Crippen LogP contribution < -0.4 is 0 Å². The van der Waals surface area contributed by atoms with Crippen molar-refractivity contribution in [1.82, 2.24) is 14.8 Å². The van der Waals surface area contributed by atoms with Crippen molar-refractivity contribution in [2.24, 2.45) is 0 Å². The van der Waals surface area contributed by atoms with Crippen LogP contribution in [0.4, 0.5) is 0 Å². The molecule has 1 aromatic carbocycles. The smallest absolute Gasteiger partial charge is 0.272 e. The van der Waals surface area contributed by atoms with Crippen molar-refractivity contribution in [2.45, 2.75) is 88.2 Å². The van der Waals surface area contributed by atoms with Crippen molar-refractivity contribution in [2.75, 3.05) is 19.6 Å². The number of piperidine rings is 1. The molecule has 0 radical (unpaired) electrons. The molecule has 7 nitrogen and oxygen atoms in total. The second kappa shape index (κ2) is 10.9. The first-order valence-corrected chi connectivity index (χ1v) is 14.1. The summed E-state index contributed by atoms with van der Waals surface area (Å²) in [4.78, 5) is 35.3. The summed E-state index contributed by atoms with van der Waals surface area (Å²) in [5, 5.41) is 20.9. The molecule has 2 aromatic rings. The van der Waals surface area contributed by atoms with E-state index in [2.05, 4.69) is 11.1 Å². The summed E-state index contributed by atoms with van der Waals surface area (Å²) >= 11 is 0. The lowest BCUT2D eigenvalue weighted by Crippen LogP contribution is -2.47. The van der Waals surface area contributed by atoms with Gasteiger partial charge in [0.15, 0.2) is 0 Å². The molecule has 2 heterocycles. The SMILES string of the molecule is Cc1cnc(C(=O)N2CCC(C#N)(c3ccccc3)CC2)cc1C(=O)N(CCC1(O)CCCC1)C1CCC1. The summed E-state index contributed by atoms with van der Waals surface area (Å²) < 4.78 is 0. The van der Waals surface area contributed by atoms with Crippen molar-refractivity contribution in [3.8, 4) is 6.07 Å². The number of hydrogen-bond acceptors (Lipinski definition) is 5. The Morgan fingerprint density at radius 3 is 2.39 bits per heavy atom. The summed E-state index contributed by atoms with van der Waals surface area (Å²) in [5.74, 6) is -0.273. The monoisotopic (exact) mass is 514 g/mol. The van der Waals surface area contributed by atoms with E-state index in [1.54, 1.807) is 17.2 Å².